The third-order valence-corrected chi connectivity index (χ3v) is 3.35. The summed E-state index contributed by atoms with van der Waals surface area (Å²) < 4.78 is 5.17. The molecular weight excluding hydrogens is 306 g/mol. The van der Waals surface area contributed by atoms with Crippen molar-refractivity contribution in [1.82, 2.24) is 10.1 Å². The molecule has 0 spiro atoms. The Morgan fingerprint density at radius 2 is 1.86 bits per heavy atom. The number of aromatic nitrogens is 2. The number of para-hydroxylation sites is 1. The number of hydrogen-bond donors (Lipinski definition) is 0. The van der Waals surface area contributed by atoms with Gasteiger partial charge in [0, 0.05) is 22.2 Å². The van der Waals surface area contributed by atoms with Gasteiger partial charge in [0.05, 0.1) is 11.3 Å². The van der Waals surface area contributed by atoms with Gasteiger partial charge in [-0.3, -0.25) is 10.1 Å². The van der Waals surface area contributed by atoms with Crippen LogP contribution in [0.15, 0.2) is 53.1 Å². The molecule has 2 aromatic carbocycles. The average molecular weight is 316 g/mol. The van der Waals surface area contributed by atoms with Crippen molar-refractivity contribution in [2.75, 3.05) is 0 Å². The second kappa shape index (κ2) is 5.95. The van der Waals surface area contributed by atoms with Crippen LogP contribution in [0, 0.1) is 10.1 Å². The van der Waals surface area contributed by atoms with Crippen LogP contribution in [0.2, 0.25) is 5.02 Å². The lowest BCUT2D eigenvalue weighted by Gasteiger charge is -1.98. The van der Waals surface area contributed by atoms with E-state index < -0.39 is 4.92 Å². The van der Waals surface area contributed by atoms with Gasteiger partial charge in [0.25, 0.3) is 5.69 Å². The lowest BCUT2D eigenvalue weighted by atomic mass is 10.1. The zero-order chi connectivity index (χ0) is 15.5. The van der Waals surface area contributed by atoms with Gasteiger partial charge < -0.3 is 4.52 Å². The predicted molar refractivity (Wildman–Crippen MR) is 80.6 cm³/mol. The maximum absolute atomic E-state index is 11.0. The Bertz CT molecular complexity index is 815. The first-order chi connectivity index (χ1) is 10.6. The Balaban J connectivity index is 1.86. The van der Waals surface area contributed by atoms with E-state index in [0.717, 1.165) is 5.56 Å². The minimum Gasteiger partial charge on any atom is -0.339 e. The number of rotatable bonds is 4. The number of halogens is 1. The number of nitro benzene ring substituents is 1. The molecule has 22 heavy (non-hydrogen) atoms. The fourth-order valence-corrected chi connectivity index (χ4v) is 2.17. The van der Waals surface area contributed by atoms with E-state index in [1.807, 2.05) is 0 Å². The van der Waals surface area contributed by atoms with Gasteiger partial charge in [-0.25, -0.2) is 0 Å². The topological polar surface area (TPSA) is 82.1 Å². The Hall–Kier alpha value is -2.73. The number of nitrogens with zero attached hydrogens (tertiary/aromatic N) is 3. The Morgan fingerprint density at radius 3 is 2.59 bits per heavy atom. The van der Waals surface area contributed by atoms with Crippen LogP contribution >= 0.6 is 11.6 Å². The maximum Gasteiger partial charge on any atom is 0.273 e. The molecule has 0 saturated carbocycles. The molecule has 0 unspecified atom stereocenters. The first-order valence-electron chi connectivity index (χ1n) is 6.44. The highest BCUT2D eigenvalue weighted by atomic mass is 35.5. The van der Waals surface area contributed by atoms with E-state index in [1.54, 1.807) is 42.5 Å². The molecule has 0 saturated heterocycles. The molecule has 0 aliphatic rings. The lowest BCUT2D eigenvalue weighted by molar-refractivity contribution is -0.385. The molecular formula is C15H10ClN3O3. The van der Waals surface area contributed by atoms with E-state index in [9.17, 15) is 10.1 Å². The number of nitro groups is 1. The summed E-state index contributed by atoms with van der Waals surface area (Å²) in [5, 5.41) is 15.5. The summed E-state index contributed by atoms with van der Waals surface area (Å²) in [6.45, 7) is 0. The van der Waals surface area contributed by atoms with Gasteiger partial charge in [0.1, 0.15) is 0 Å². The number of hydrogen-bond acceptors (Lipinski definition) is 5. The van der Waals surface area contributed by atoms with Crippen LogP contribution in [0.5, 0.6) is 0 Å². The van der Waals surface area contributed by atoms with Crippen LogP contribution in [0.3, 0.4) is 0 Å². The van der Waals surface area contributed by atoms with E-state index in [4.69, 9.17) is 16.1 Å². The average Bonchev–Trinajstić information content (AvgIpc) is 2.97. The fourth-order valence-electron chi connectivity index (χ4n) is 2.04. The molecule has 0 fully saturated rings. The van der Waals surface area contributed by atoms with E-state index in [1.165, 1.54) is 6.07 Å². The number of benzene rings is 2. The Morgan fingerprint density at radius 1 is 1.14 bits per heavy atom. The monoisotopic (exact) mass is 315 g/mol. The van der Waals surface area contributed by atoms with Crippen molar-refractivity contribution in [3.05, 3.63) is 75.1 Å². The van der Waals surface area contributed by atoms with Gasteiger partial charge in [0.2, 0.25) is 11.7 Å². The molecule has 0 aliphatic carbocycles. The lowest BCUT2D eigenvalue weighted by Crippen LogP contribution is -1.96. The Labute approximate surface area is 130 Å². The molecule has 1 aromatic heterocycles. The molecule has 0 atom stereocenters. The van der Waals surface area contributed by atoms with Crippen molar-refractivity contribution in [3.8, 4) is 11.4 Å². The molecule has 3 rings (SSSR count). The van der Waals surface area contributed by atoms with Gasteiger partial charge in [0.15, 0.2) is 0 Å². The highest BCUT2D eigenvalue weighted by molar-refractivity contribution is 6.30. The van der Waals surface area contributed by atoms with Crippen molar-refractivity contribution >= 4 is 17.3 Å². The third kappa shape index (κ3) is 2.96. The molecule has 6 nitrogen and oxygen atoms in total. The van der Waals surface area contributed by atoms with Gasteiger partial charge in [-0.1, -0.05) is 35.0 Å². The predicted octanol–water partition coefficient (Wildman–Crippen LogP) is 3.89. The standard InChI is InChI=1S/C15H10ClN3O3/c16-12-7-5-10(6-8-12)15-17-14(22-18-15)9-11-3-1-2-4-13(11)19(20)21/h1-8H,9H2. The first-order valence-corrected chi connectivity index (χ1v) is 6.82. The fraction of sp³-hybridized carbons (Fsp3) is 0.0667. The summed E-state index contributed by atoms with van der Waals surface area (Å²) in [7, 11) is 0. The van der Waals surface area contributed by atoms with Crippen LogP contribution in [0.25, 0.3) is 11.4 Å². The molecule has 0 radical (unpaired) electrons. The van der Waals surface area contributed by atoms with Crippen LogP contribution in [-0.4, -0.2) is 15.1 Å². The summed E-state index contributed by atoms with van der Waals surface area (Å²) in [4.78, 5) is 14.8. The van der Waals surface area contributed by atoms with E-state index in [2.05, 4.69) is 10.1 Å². The molecule has 0 N–H and O–H groups in total. The SMILES string of the molecule is O=[N+]([O-])c1ccccc1Cc1nc(-c2ccc(Cl)cc2)no1. The van der Waals surface area contributed by atoms with Gasteiger partial charge in [-0.05, 0) is 24.3 Å². The smallest absolute Gasteiger partial charge is 0.273 e. The van der Waals surface area contributed by atoms with E-state index in [0.29, 0.717) is 22.3 Å². The summed E-state index contributed by atoms with van der Waals surface area (Å²) in [5.41, 5.74) is 1.33. The Kier molecular flexibility index (Phi) is 3.84. The molecule has 0 amide bonds. The molecule has 0 bridgehead atoms. The first kappa shape index (κ1) is 14.2. The zero-order valence-corrected chi connectivity index (χ0v) is 12.0. The van der Waals surface area contributed by atoms with Crippen LogP contribution in [-0.2, 0) is 6.42 Å². The van der Waals surface area contributed by atoms with Gasteiger partial charge in [-0.15, -0.1) is 0 Å². The summed E-state index contributed by atoms with van der Waals surface area (Å²) >= 11 is 5.83. The quantitative estimate of drug-likeness (QED) is 0.539. The van der Waals surface area contributed by atoms with Crippen molar-refractivity contribution in [2.45, 2.75) is 6.42 Å². The highest BCUT2D eigenvalue weighted by Crippen LogP contribution is 2.23. The van der Waals surface area contributed by atoms with Crippen molar-refractivity contribution in [3.63, 3.8) is 0 Å². The zero-order valence-electron chi connectivity index (χ0n) is 11.3. The minimum absolute atomic E-state index is 0.0359. The van der Waals surface area contributed by atoms with E-state index >= 15 is 0 Å². The van der Waals surface area contributed by atoms with Crippen LogP contribution < -0.4 is 0 Å². The third-order valence-electron chi connectivity index (χ3n) is 3.10. The largest absolute Gasteiger partial charge is 0.339 e. The summed E-state index contributed by atoms with van der Waals surface area (Å²) in [6, 6.07) is 13.5. The van der Waals surface area contributed by atoms with Crippen LogP contribution in [0.4, 0.5) is 5.69 Å². The van der Waals surface area contributed by atoms with Gasteiger partial charge >= 0.3 is 0 Å². The highest BCUT2D eigenvalue weighted by Gasteiger charge is 2.16. The second-order valence-electron chi connectivity index (χ2n) is 4.58. The molecule has 3 aromatic rings. The molecule has 0 aliphatic heterocycles. The van der Waals surface area contributed by atoms with Crippen molar-refractivity contribution < 1.29 is 9.45 Å². The van der Waals surface area contributed by atoms with Gasteiger partial charge in [-0.2, -0.15) is 4.98 Å². The van der Waals surface area contributed by atoms with Crippen molar-refractivity contribution in [2.24, 2.45) is 0 Å². The molecule has 1 heterocycles. The minimum atomic E-state index is -0.425. The normalized spacial score (nSPS) is 10.6. The molecule has 7 heteroatoms. The molecule has 110 valence electrons. The van der Waals surface area contributed by atoms with Crippen LogP contribution in [0.1, 0.15) is 11.5 Å². The second-order valence-corrected chi connectivity index (χ2v) is 5.02. The summed E-state index contributed by atoms with van der Waals surface area (Å²) in [5.74, 6) is 0.740. The summed E-state index contributed by atoms with van der Waals surface area (Å²) in [6.07, 6.45) is 0.206. The maximum atomic E-state index is 11.0. The van der Waals surface area contributed by atoms with E-state index in [-0.39, 0.29) is 12.1 Å². The van der Waals surface area contributed by atoms with Crippen molar-refractivity contribution in [1.29, 1.82) is 0 Å².